The predicted octanol–water partition coefficient (Wildman–Crippen LogP) is 4.29. The molecule has 1 aliphatic rings. The average Bonchev–Trinajstić information content (AvgIpc) is 3.12. The van der Waals surface area contributed by atoms with Crippen LogP contribution in [0.5, 0.6) is 17.2 Å². The molecular weight excluding hydrogens is 474 g/mol. The number of carbonyl (C=O) groups excluding carboxylic acids is 2. The Hall–Kier alpha value is -2.85. The number of hydrogen-bond acceptors (Lipinski definition) is 7. The number of thiocarbonyl (C=S) groups is 1. The maximum atomic E-state index is 13.0. The van der Waals surface area contributed by atoms with Gasteiger partial charge in [-0.1, -0.05) is 6.92 Å². The number of nitrogens with two attached hydrogens (primary N) is 1. The molecule has 1 aromatic carbocycles. The molecule has 2 aromatic rings. The summed E-state index contributed by atoms with van der Waals surface area (Å²) in [6.07, 6.45) is 2.71. The van der Waals surface area contributed by atoms with Gasteiger partial charge in [-0.3, -0.25) is 14.9 Å². The Balaban J connectivity index is 1.82. The van der Waals surface area contributed by atoms with E-state index in [0.29, 0.717) is 59.1 Å². The van der Waals surface area contributed by atoms with Gasteiger partial charge in [0.15, 0.2) is 16.6 Å². The number of hydrogen-bond donors (Lipinski definition) is 3. The number of carbonyl (C=O) groups is 2. The van der Waals surface area contributed by atoms with Crippen molar-refractivity contribution < 1.29 is 23.8 Å². The van der Waals surface area contributed by atoms with Crippen LogP contribution in [0.1, 0.15) is 65.3 Å². The number of ether oxygens (including phenoxy) is 3. The lowest BCUT2D eigenvalue weighted by molar-refractivity contribution is 0.0974. The summed E-state index contributed by atoms with van der Waals surface area (Å²) in [4.78, 5) is 26.3. The van der Waals surface area contributed by atoms with Crippen molar-refractivity contribution in [3.8, 4) is 17.2 Å². The van der Waals surface area contributed by atoms with E-state index in [0.717, 1.165) is 29.7 Å². The molecule has 0 spiro atoms. The van der Waals surface area contributed by atoms with E-state index in [-0.39, 0.29) is 5.11 Å². The molecule has 1 heterocycles. The summed E-state index contributed by atoms with van der Waals surface area (Å²) in [5.41, 5.74) is 7.42. The van der Waals surface area contributed by atoms with E-state index in [1.165, 1.54) is 11.3 Å². The van der Waals surface area contributed by atoms with Gasteiger partial charge in [0.25, 0.3) is 11.8 Å². The van der Waals surface area contributed by atoms with Gasteiger partial charge in [0, 0.05) is 10.4 Å². The number of fused-ring (bicyclic) bond motifs is 1. The van der Waals surface area contributed by atoms with Crippen molar-refractivity contribution in [3.63, 3.8) is 0 Å². The van der Waals surface area contributed by atoms with Gasteiger partial charge in [0.05, 0.1) is 25.4 Å². The Morgan fingerprint density at radius 1 is 1.12 bits per heavy atom. The van der Waals surface area contributed by atoms with Crippen LogP contribution in [0.25, 0.3) is 0 Å². The first-order valence-electron chi connectivity index (χ1n) is 11.4. The van der Waals surface area contributed by atoms with E-state index in [4.69, 9.17) is 32.2 Å². The SMILES string of the molecule is CCOc1cc(C(=O)NC(=S)Nc2sc3c(c2C(N)=O)CC[C@H](C)C3)cc(OCC)c1OCC. The van der Waals surface area contributed by atoms with E-state index in [9.17, 15) is 9.59 Å². The highest BCUT2D eigenvalue weighted by Gasteiger charge is 2.27. The van der Waals surface area contributed by atoms with E-state index in [1.54, 1.807) is 12.1 Å². The van der Waals surface area contributed by atoms with Gasteiger partial charge in [0.2, 0.25) is 5.75 Å². The maximum Gasteiger partial charge on any atom is 0.257 e. The largest absolute Gasteiger partial charge is 0.490 e. The number of primary amides is 1. The minimum Gasteiger partial charge on any atom is -0.490 e. The van der Waals surface area contributed by atoms with Crippen LogP contribution in [0.2, 0.25) is 0 Å². The topological polar surface area (TPSA) is 112 Å². The second kappa shape index (κ2) is 11.5. The molecule has 0 radical (unpaired) electrons. The standard InChI is InChI=1S/C24H31N3O5S2/c1-5-30-16-11-14(12-17(31-6-2)20(16)32-7-3)22(29)26-24(33)27-23-19(21(25)28)15-9-8-13(4)10-18(15)34-23/h11-13H,5-10H2,1-4H3,(H2,25,28)(H2,26,27,29,33)/t13-/m0/s1. The first-order valence-corrected chi connectivity index (χ1v) is 12.6. The lowest BCUT2D eigenvalue weighted by Gasteiger charge is -2.18. The number of benzene rings is 1. The molecule has 10 heteroatoms. The Morgan fingerprint density at radius 2 is 1.74 bits per heavy atom. The van der Waals surface area contributed by atoms with Crippen LogP contribution < -0.4 is 30.6 Å². The molecular formula is C24H31N3O5S2. The molecule has 1 atom stereocenters. The molecule has 2 amide bonds. The van der Waals surface area contributed by atoms with Crippen LogP contribution in [0, 0.1) is 5.92 Å². The second-order valence-corrected chi connectivity index (χ2v) is 9.44. The molecule has 34 heavy (non-hydrogen) atoms. The molecule has 1 aliphatic carbocycles. The fourth-order valence-electron chi connectivity index (χ4n) is 3.93. The van der Waals surface area contributed by atoms with Crippen molar-refractivity contribution in [2.45, 2.75) is 47.0 Å². The highest BCUT2D eigenvalue weighted by Crippen LogP contribution is 2.40. The van der Waals surface area contributed by atoms with E-state index < -0.39 is 11.8 Å². The lowest BCUT2D eigenvalue weighted by atomic mass is 9.88. The summed E-state index contributed by atoms with van der Waals surface area (Å²) >= 11 is 6.85. The molecule has 4 N–H and O–H groups in total. The highest BCUT2D eigenvalue weighted by molar-refractivity contribution is 7.80. The number of rotatable bonds is 9. The molecule has 184 valence electrons. The molecule has 0 fully saturated rings. The summed E-state index contributed by atoms with van der Waals surface area (Å²) in [6.45, 7) is 8.96. The van der Waals surface area contributed by atoms with Crippen molar-refractivity contribution in [1.82, 2.24) is 5.32 Å². The van der Waals surface area contributed by atoms with E-state index >= 15 is 0 Å². The number of anilines is 1. The van der Waals surface area contributed by atoms with E-state index in [1.807, 2.05) is 20.8 Å². The van der Waals surface area contributed by atoms with Gasteiger partial charge in [-0.05, 0) is 75.9 Å². The molecule has 0 bridgehead atoms. The predicted molar refractivity (Wildman–Crippen MR) is 138 cm³/mol. The normalized spacial score (nSPS) is 14.6. The third kappa shape index (κ3) is 5.79. The third-order valence-electron chi connectivity index (χ3n) is 5.38. The van der Waals surface area contributed by atoms with Crippen LogP contribution in [0.15, 0.2) is 12.1 Å². The minimum absolute atomic E-state index is 0.0731. The molecule has 3 rings (SSSR count). The van der Waals surface area contributed by atoms with Crippen LogP contribution in [0.3, 0.4) is 0 Å². The number of nitrogens with one attached hydrogen (secondary N) is 2. The molecule has 1 aromatic heterocycles. The summed E-state index contributed by atoms with van der Waals surface area (Å²) in [5.74, 6) is 0.875. The number of amides is 2. The smallest absolute Gasteiger partial charge is 0.257 e. The zero-order valence-corrected chi connectivity index (χ0v) is 21.5. The van der Waals surface area contributed by atoms with Gasteiger partial charge in [0.1, 0.15) is 5.00 Å². The summed E-state index contributed by atoms with van der Waals surface area (Å²) in [5, 5.41) is 6.32. The molecule has 0 saturated carbocycles. The number of thiophene rings is 1. The Morgan fingerprint density at radius 3 is 2.29 bits per heavy atom. The summed E-state index contributed by atoms with van der Waals surface area (Å²) in [6, 6.07) is 3.18. The Kier molecular flexibility index (Phi) is 8.73. The van der Waals surface area contributed by atoms with Crippen molar-refractivity contribution in [3.05, 3.63) is 33.7 Å². The zero-order chi connectivity index (χ0) is 24.8. The lowest BCUT2D eigenvalue weighted by Crippen LogP contribution is -2.34. The van der Waals surface area contributed by atoms with E-state index in [2.05, 4.69) is 17.6 Å². The molecule has 0 unspecified atom stereocenters. The van der Waals surface area contributed by atoms with Gasteiger partial charge >= 0.3 is 0 Å². The third-order valence-corrected chi connectivity index (χ3v) is 6.76. The first kappa shape index (κ1) is 25.8. The maximum absolute atomic E-state index is 13.0. The van der Waals surface area contributed by atoms with Gasteiger partial charge < -0.3 is 25.3 Å². The fraction of sp³-hybridized carbons (Fsp3) is 0.458. The van der Waals surface area contributed by atoms with Crippen molar-refractivity contribution >= 4 is 45.5 Å². The van der Waals surface area contributed by atoms with Crippen molar-refractivity contribution in [2.75, 3.05) is 25.1 Å². The van der Waals surface area contributed by atoms with Crippen molar-refractivity contribution in [1.29, 1.82) is 0 Å². The molecule has 0 aliphatic heterocycles. The van der Waals surface area contributed by atoms with Crippen LogP contribution >= 0.6 is 23.6 Å². The average molecular weight is 506 g/mol. The Labute approximate surface area is 209 Å². The summed E-state index contributed by atoms with van der Waals surface area (Å²) < 4.78 is 17.1. The van der Waals surface area contributed by atoms with Gasteiger partial charge in [-0.2, -0.15) is 0 Å². The van der Waals surface area contributed by atoms with Crippen LogP contribution in [-0.4, -0.2) is 36.7 Å². The molecule has 0 saturated heterocycles. The van der Waals surface area contributed by atoms with Crippen LogP contribution in [0.4, 0.5) is 5.00 Å². The highest BCUT2D eigenvalue weighted by atomic mass is 32.1. The minimum atomic E-state index is -0.502. The zero-order valence-electron chi connectivity index (χ0n) is 19.9. The quantitative estimate of drug-likeness (QED) is 0.436. The first-order chi connectivity index (χ1) is 16.3. The van der Waals surface area contributed by atoms with Gasteiger partial charge in [-0.25, -0.2) is 0 Å². The fourth-order valence-corrected chi connectivity index (χ4v) is 5.61. The van der Waals surface area contributed by atoms with Crippen molar-refractivity contribution in [2.24, 2.45) is 11.7 Å². The van der Waals surface area contributed by atoms with Gasteiger partial charge in [-0.15, -0.1) is 11.3 Å². The van der Waals surface area contributed by atoms with Crippen LogP contribution in [-0.2, 0) is 12.8 Å². The molecule has 8 nitrogen and oxygen atoms in total. The monoisotopic (exact) mass is 505 g/mol. The summed E-state index contributed by atoms with van der Waals surface area (Å²) in [7, 11) is 0. The Bertz CT molecular complexity index is 1060. The second-order valence-electron chi connectivity index (χ2n) is 7.93.